The van der Waals surface area contributed by atoms with E-state index in [0.29, 0.717) is 35.9 Å². The van der Waals surface area contributed by atoms with Crippen LogP contribution in [0.5, 0.6) is 0 Å². The number of halogens is 4. The molecule has 0 saturated heterocycles. The Labute approximate surface area is 192 Å². The molecule has 33 heavy (non-hydrogen) atoms. The van der Waals surface area contributed by atoms with Gasteiger partial charge in [0, 0.05) is 28.1 Å². The highest BCUT2D eigenvalue weighted by molar-refractivity contribution is 6.30. The molecule has 2 aromatic heterocycles. The molecule has 2 N–H and O–H groups in total. The quantitative estimate of drug-likeness (QED) is 0.356. The van der Waals surface area contributed by atoms with Gasteiger partial charge in [-0.05, 0) is 48.7 Å². The van der Waals surface area contributed by atoms with Gasteiger partial charge in [-0.15, -0.1) is 0 Å². The molecule has 0 saturated carbocycles. The van der Waals surface area contributed by atoms with E-state index < -0.39 is 17.5 Å². The van der Waals surface area contributed by atoms with Crippen molar-refractivity contribution in [3.05, 3.63) is 77.0 Å². The van der Waals surface area contributed by atoms with E-state index in [1.54, 1.807) is 36.6 Å². The number of benzene rings is 2. The summed E-state index contributed by atoms with van der Waals surface area (Å²) in [6.45, 7) is 2.33. The maximum Gasteiger partial charge on any atom is 0.471 e. The lowest BCUT2D eigenvalue weighted by molar-refractivity contribution is -0.159. The van der Waals surface area contributed by atoms with Crippen LogP contribution in [-0.2, 0) is 18.0 Å². The van der Waals surface area contributed by atoms with Crippen molar-refractivity contribution in [2.75, 3.05) is 6.54 Å². The second-order valence-electron chi connectivity index (χ2n) is 7.93. The average molecular weight is 477 g/mol. The molecule has 0 spiro atoms. The molecule has 4 rings (SSSR count). The first-order valence-electron chi connectivity index (χ1n) is 10.1. The molecule has 0 fully saturated rings. The molecule has 1 unspecified atom stereocenters. The molecule has 2 heterocycles. The predicted octanol–water partition coefficient (Wildman–Crippen LogP) is 5.91. The SMILES string of the molecule is CC(CN)(CCc1cccc(-c2noc(C(F)(F)F)n2)c1)c1coc(-c2ccc(Cl)cc2)n1. The Bertz CT molecular complexity index is 1240. The average Bonchev–Trinajstić information content (AvgIpc) is 3.49. The smallest absolute Gasteiger partial charge is 0.444 e. The van der Waals surface area contributed by atoms with Gasteiger partial charge >= 0.3 is 12.1 Å². The Kier molecular flexibility index (Phi) is 6.27. The zero-order chi connectivity index (χ0) is 23.6. The van der Waals surface area contributed by atoms with Crippen LogP contribution < -0.4 is 5.73 Å². The fraction of sp³-hybridized carbons (Fsp3) is 0.261. The minimum atomic E-state index is -4.69. The van der Waals surface area contributed by atoms with Gasteiger partial charge in [0.1, 0.15) is 6.26 Å². The van der Waals surface area contributed by atoms with E-state index in [4.69, 9.17) is 21.8 Å². The van der Waals surface area contributed by atoms with Gasteiger partial charge in [0.25, 0.3) is 0 Å². The lowest BCUT2D eigenvalue weighted by Gasteiger charge is -2.25. The number of nitrogens with two attached hydrogens (primary N) is 1. The van der Waals surface area contributed by atoms with Crippen molar-refractivity contribution in [3.63, 3.8) is 0 Å². The van der Waals surface area contributed by atoms with Crippen molar-refractivity contribution < 1.29 is 22.1 Å². The van der Waals surface area contributed by atoms with Crippen molar-refractivity contribution in [3.8, 4) is 22.8 Å². The number of aryl methyl sites for hydroxylation is 1. The summed E-state index contributed by atoms with van der Waals surface area (Å²) >= 11 is 5.94. The minimum Gasteiger partial charge on any atom is -0.444 e. The van der Waals surface area contributed by atoms with Crippen LogP contribution >= 0.6 is 11.6 Å². The molecule has 0 aliphatic heterocycles. The number of rotatable bonds is 7. The number of alkyl halides is 3. The van der Waals surface area contributed by atoms with E-state index in [0.717, 1.165) is 16.8 Å². The number of hydrogen-bond donors (Lipinski definition) is 1. The molecule has 0 aliphatic carbocycles. The maximum absolute atomic E-state index is 12.7. The van der Waals surface area contributed by atoms with Gasteiger partial charge in [-0.25, -0.2) is 4.98 Å². The number of aromatic nitrogens is 3. The van der Waals surface area contributed by atoms with Crippen LogP contribution in [0.4, 0.5) is 13.2 Å². The zero-order valence-electron chi connectivity index (χ0n) is 17.6. The molecular weight excluding hydrogens is 457 g/mol. The molecule has 172 valence electrons. The third kappa shape index (κ3) is 5.09. The lowest BCUT2D eigenvalue weighted by Crippen LogP contribution is -2.32. The van der Waals surface area contributed by atoms with Crippen molar-refractivity contribution in [2.45, 2.75) is 31.4 Å². The van der Waals surface area contributed by atoms with Gasteiger partial charge in [-0.1, -0.05) is 41.9 Å². The fourth-order valence-electron chi connectivity index (χ4n) is 3.35. The zero-order valence-corrected chi connectivity index (χ0v) is 18.3. The number of nitrogens with zero attached hydrogens (tertiary/aromatic N) is 3. The second kappa shape index (κ2) is 8.99. The summed E-state index contributed by atoms with van der Waals surface area (Å²) in [5, 5.41) is 4.07. The summed E-state index contributed by atoms with van der Waals surface area (Å²) in [6, 6.07) is 14.2. The monoisotopic (exact) mass is 476 g/mol. The van der Waals surface area contributed by atoms with E-state index >= 15 is 0 Å². The minimum absolute atomic E-state index is 0.116. The van der Waals surface area contributed by atoms with E-state index in [1.807, 2.05) is 25.1 Å². The molecule has 10 heteroatoms. The molecule has 2 aromatic carbocycles. The molecule has 0 amide bonds. The Balaban J connectivity index is 1.50. The van der Waals surface area contributed by atoms with Crippen LogP contribution in [0.1, 0.15) is 30.5 Å². The van der Waals surface area contributed by atoms with Gasteiger partial charge in [-0.2, -0.15) is 18.2 Å². The van der Waals surface area contributed by atoms with Gasteiger partial charge < -0.3 is 14.7 Å². The van der Waals surface area contributed by atoms with Gasteiger partial charge in [0.15, 0.2) is 0 Å². The Morgan fingerprint density at radius 3 is 2.45 bits per heavy atom. The second-order valence-corrected chi connectivity index (χ2v) is 8.37. The van der Waals surface area contributed by atoms with Crippen LogP contribution in [0.2, 0.25) is 5.02 Å². The van der Waals surface area contributed by atoms with Crippen LogP contribution in [-0.4, -0.2) is 21.7 Å². The third-order valence-electron chi connectivity index (χ3n) is 5.48. The molecular formula is C23H20ClF3N4O2. The van der Waals surface area contributed by atoms with Gasteiger partial charge in [-0.3, -0.25) is 0 Å². The van der Waals surface area contributed by atoms with Crippen molar-refractivity contribution >= 4 is 11.6 Å². The normalized spacial score (nSPS) is 13.8. The van der Waals surface area contributed by atoms with E-state index in [2.05, 4.69) is 19.6 Å². The topological polar surface area (TPSA) is 91.0 Å². The van der Waals surface area contributed by atoms with E-state index in [9.17, 15) is 13.2 Å². The number of oxazole rings is 1. The number of hydrogen-bond acceptors (Lipinski definition) is 6. The van der Waals surface area contributed by atoms with Gasteiger partial charge in [0.2, 0.25) is 11.7 Å². The Morgan fingerprint density at radius 2 is 1.79 bits per heavy atom. The Morgan fingerprint density at radius 1 is 1.03 bits per heavy atom. The van der Waals surface area contributed by atoms with Crippen molar-refractivity contribution in [1.82, 2.24) is 15.1 Å². The van der Waals surface area contributed by atoms with Crippen molar-refractivity contribution in [1.29, 1.82) is 0 Å². The largest absolute Gasteiger partial charge is 0.471 e. The Hall–Kier alpha value is -3.17. The van der Waals surface area contributed by atoms with E-state index in [-0.39, 0.29) is 5.82 Å². The molecule has 0 radical (unpaired) electrons. The van der Waals surface area contributed by atoms with Crippen LogP contribution in [0, 0.1) is 0 Å². The standard InChI is InChI=1S/C23H20ClF3N4O2/c1-22(13-28,18-12-32-20(29-18)15-5-7-17(24)8-6-15)10-9-14-3-2-4-16(11-14)19-30-21(33-31-19)23(25,26)27/h2-8,11-12H,9-10,13,28H2,1H3. The molecule has 4 aromatic rings. The lowest BCUT2D eigenvalue weighted by atomic mass is 9.81. The summed E-state index contributed by atoms with van der Waals surface area (Å²) in [6.07, 6.45) is -1.84. The first-order chi connectivity index (χ1) is 15.7. The van der Waals surface area contributed by atoms with Crippen LogP contribution in [0.15, 0.2) is 63.7 Å². The van der Waals surface area contributed by atoms with E-state index in [1.165, 1.54) is 0 Å². The first kappa shape index (κ1) is 23.0. The summed E-state index contributed by atoms with van der Waals surface area (Å²) in [5.41, 5.74) is 8.48. The third-order valence-corrected chi connectivity index (χ3v) is 5.74. The fourth-order valence-corrected chi connectivity index (χ4v) is 3.48. The predicted molar refractivity (Wildman–Crippen MR) is 116 cm³/mol. The summed E-state index contributed by atoms with van der Waals surface area (Å²) < 4.78 is 48.2. The first-order valence-corrected chi connectivity index (χ1v) is 10.5. The summed E-state index contributed by atoms with van der Waals surface area (Å²) in [7, 11) is 0. The van der Waals surface area contributed by atoms with Gasteiger partial charge in [0.05, 0.1) is 5.69 Å². The molecule has 1 atom stereocenters. The highest BCUT2D eigenvalue weighted by atomic mass is 35.5. The van der Waals surface area contributed by atoms with Crippen LogP contribution in [0.3, 0.4) is 0 Å². The molecule has 6 nitrogen and oxygen atoms in total. The molecule has 0 aliphatic rings. The highest BCUT2D eigenvalue weighted by Crippen LogP contribution is 2.32. The highest BCUT2D eigenvalue weighted by Gasteiger charge is 2.38. The summed E-state index contributed by atoms with van der Waals surface area (Å²) in [5.74, 6) is -1.02. The maximum atomic E-state index is 12.7. The summed E-state index contributed by atoms with van der Waals surface area (Å²) in [4.78, 5) is 8.08. The van der Waals surface area contributed by atoms with Crippen molar-refractivity contribution in [2.24, 2.45) is 5.73 Å². The van der Waals surface area contributed by atoms with Crippen LogP contribution in [0.25, 0.3) is 22.8 Å². The molecule has 0 bridgehead atoms.